The Morgan fingerprint density at radius 3 is 2.82 bits per heavy atom. The number of carbonyl (C=O) groups excluding carboxylic acids is 1. The Balaban J connectivity index is 1.54. The molecule has 1 amide bonds. The number of pyridine rings is 1. The van der Waals surface area contributed by atoms with Gasteiger partial charge in [0.2, 0.25) is 11.8 Å². The quantitative estimate of drug-likeness (QED) is 0.492. The van der Waals surface area contributed by atoms with Crippen molar-refractivity contribution >= 4 is 46.0 Å². The van der Waals surface area contributed by atoms with Crippen LogP contribution in [0.15, 0.2) is 53.1 Å². The van der Waals surface area contributed by atoms with Crippen LogP contribution in [0.5, 0.6) is 0 Å². The highest BCUT2D eigenvalue weighted by Gasteiger charge is 2.21. The van der Waals surface area contributed by atoms with Crippen LogP contribution in [0.3, 0.4) is 0 Å². The van der Waals surface area contributed by atoms with E-state index in [0.717, 1.165) is 5.65 Å². The molecular weight excluding hydrogens is 376 g/mol. The fourth-order valence-electron chi connectivity index (χ4n) is 2.80. The maximum Gasteiger partial charge on any atom is 0.248 e. The van der Waals surface area contributed by atoms with Crippen molar-refractivity contribution in [1.82, 2.24) is 14.4 Å². The highest BCUT2D eigenvalue weighted by Crippen LogP contribution is 2.27. The first-order valence-electron chi connectivity index (χ1n) is 8.84. The van der Waals surface area contributed by atoms with E-state index in [9.17, 15) is 4.79 Å². The van der Waals surface area contributed by atoms with Crippen molar-refractivity contribution < 1.29 is 9.21 Å². The molecule has 7 heteroatoms. The third-order valence-corrected chi connectivity index (χ3v) is 4.49. The lowest BCUT2D eigenvalue weighted by Gasteiger charge is -2.11. The van der Waals surface area contributed by atoms with Gasteiger partial charge in [0.1, 0.15) is 11.2 Å². The number of carbonyl (C=O) groups is 1. The lowest BCUT2D eigenvalue weighted by molar-refractivity contribution is -0.111. The molecule has 0 spiro atoms. The number of nitrogens with zero attached hydrogens (tertiary/aromatic N) is 3. The van der Waals surface area contributed by atoms with Gasteiger partial charge >= 0.3 is 0 Å². The van der Waals surface area contributed by atoms with E-state index in [-0.39, 0.29) is 11.3 Å². The van der Waals surface area contributed by atoms with Gasteiger partial charge in [-0.25, -0.2) is 9.97 Å². The first kappa shape index (κ1) is 18.3. The number of halogens is 1. The number of anilines is 1. The van der Waals surface area contributed by atoms with Gasteiger partial charge < -0.3 is 9.73 Å². The number of amides is 1. The number of benzene rings is 1. The molecule has 0 unspecified atom stereocenters. The zero-order valence-corrected chi connectivity index (χ0v) is 16.5. The van der Waals surface area contributed by atoms with Crippen LogP contribution in [0.1, 0.15) is 32.4 Å². The van der Waals surface area contributed by atoms with Gasteiger partial charge in [0.25, 0.3) is 0 Å². The van der Waals surface area contributed by atoms with E-state index in [1.54, 1.807) is 24.3 Å². The molecule has 0 saturated carbocycles. The lowest BCUT2D eigenvalue weighted by atomic mass is 9.97. The first-order chi connectivity index (χ1) is 13.3. The molecule has 0 aliphatic heterocycles. The molecule has 0 aliphatic carbocycles. The Hall–Kier alpha value is -3.12. The van der Waals surface area contributed by atoms with Crippen LogP contribution >= 0.6 is 11.6 Å². The minimum absolute atomic E-state index is 0.182. The third-order valence-electron chi connectivity index (χ3n) is 4.21. The SMILES string of the molecule is CC(C)(C)c1nc2cc(NC(=O)/C=C/c3c(Cl)nc4ccccn34)ccc2o1. The molecule has 4 aromatic rings. The van der Waals surface area contributed by atoms with Crippen LogP contribution in [0, 0.1) is 0 Å². The van der Waals surface area contributed by atoms with Gasteiger partial charge in [0.15, 0.2) is 10.7 Å². The summed E-state index contributed by atoms with van der Waals surface area (Å²) in [6, 6.07) is 11.0. The van der Waals surface area contributed by atoms with Gasteiger partial charge in [0.05, 0.1) is 5.69 Å². The van der Waals surface area contributed by atoms with Gasteiger partial charge in [-0.15, -0.1) is 0 Å². The van der Waals surface area contributed by atoms with Gasteiger partial charge in [-0.2, -0.15) is 0 Å². The molecule has 1 aromatic carbocycles. The highest BCUT2D eigenvalue weighted by molar-refractivity contribution is 6.31. The van der Waals surface area contributed by atoms with Gasteiger partial charge in [-0.3, -0.25) is 9.20 Å². The summed E-state index contributed by atoms with van der Waals surface area (Å²) in [5.74, 6) is 0.383. The summed E-state index contributed by atoms with van der Waals surface area (Å²) in [5.41, 5.74) is 3.22. The van der Waals surface area contributed by atoms with E-state index in [2.05, 4.69) is 15.3 Å². The van der Waals surface area contributed by atoms with Crippen LogP contribution in [0.2, 0.25) is 5.15 Å². The summed E-state index contributed by atoms with van der Waals surface area (Å²) < 4.78 is 7.60. The van der Waals surface area contributed by atoms with Crippen LogP contribution in [-0.2, 0) is 10.2 Å². The van der Waals surface area contributed by atoms with Crippen molar-refractivity contribution in [1.29, 1.82) is 0 Å². The summed E-state index contributed by atoms with van der Waals surface area (Å²) >= 11 is 6.18. The second kappa shape index (κ2) is 6.80. The van der Waals surface area contributed by atoms with Crippen molar-refractivity contribution in [2.75, 3.05) is 5.32 Å². The summed E-state index contributed by atoms with van der Waals surface area (Å²) in [4.78, 5) is 21.1. The number of hydrogen-bond donors (Lipinski definition) is 1. The van der Waals surface area contributed by atoms with E-state index in [0.29, 0.717) is 33.5 Å². The standard InChI is InChI=1S/C21H19ClN4O2/c1-21(2,3)20-24-14-12-13(7-9-16(14)28-20)23-18(27)10-8-15-19(22)25-17-6-4-5-11-26(15)17/h4-12H,1-3H3,(H,23,27)/b10-8+. The Morgan fingerprint density at radius 1 is 1.21 bits per heavy atom. The van der Waals surface area contributed by atoms with E-state index >= 15 is 0 Å². The molecule has 3 heterocycles. The molecule has 28 heavy (non-hydrogen) atoms. The molecule has 0 saturated heterocycles. The van der Waals surface area contributed by atoms with Crippen LogP contribution in [0.4, 0.5) is 5.69 Å². The molecule has 0 radical (unpaired) electrons. The molecule has 0 fully saturated rings. The molecule has 0 aliphatic rings. The summed E-state index contributed by atoms with van der Waals surface area (Å²) in [6.07, 6.45) is 4.91. The topological polar surface area (TPSA) is 72.4 Å². The predicted octanol–water partition coefficient (Wildman–Crippen LogP) is 5.08. The van der Waals surface area contributed by atoms with E-state index < -0.39 is 0 Å². The summed E-state index contributed by atoms with van der Waals surface area (Å²) in [7, 11) is 0. The maximum absolute atomic E-state index is 12.3. The fraction of sp³-hybridized carbons (Fsp3) is 0.190. The second-order valence-corrected chi connectivity index (χ2v) is 7.85. The zero-order chi connectivity index (χ0) is 19.9. The number of aromatic nitrogens is 3. The zero-order valence-electron chi connectivity index (χ0n) is 15.7. The highest BCUT2D eigenvalue weighted by atomic mass is 35.5. The minimum Gasteiger partial charge on any atom is -0.440 e. The number of hydrogen-bond acceptors (Lipinski definition) is 4. The van der Waals surface area contributed by atoms with Crippen molar-refractivity contribution in [3.63, 3.8) is 0 Å². The Kier molecular flexibility index (Phi) is 4.43. The Bertz CT molecular complexity index is 1210. The fourth-order valence-corrected chi connectivity index (χ4v) is 3.04. The average molecular weight is 395 g/mol. The van der Waals surface area contributed by atoms with Crippen molar-refractivity contribution in [2.45, 2.75) is 26.2 Å². The van der Waals surface area contributed by atoms with Crippen molar-refractivity contribution in [3.8, 4) is 0 Å². The number of oxazole rings is 1. The summed E-state index contributed by atoms with van der Waals surface area (Å²) in [6.45, 7) is 6.11. The number of nitrogens with one attached hydrogen (secondary N) is 1. The number of imidazole rings is 1. The van der Waals surface area contributed by atoms with Gasteiger partial charge in [-0.05, 0) is 36.4 Å². The van der Waals surface area contributed by atoms with Crippen LogP contribution in [-0.4, -0.2) is 20.3 Å². The smallest absolute Gasteiger partial charge is 0.248 e. The Labute approximate surface area is 166 Å². The predicted molar refractivity (Wildman–Crippen MR) is 111 cm³/mol. The van der Waals surface area contributed by atoms with Crippen molar-refractivity contribution in [2.24, 2.45) is 0 Å². The second-order valence-electron chi connectivity index (χ2n) is 7.49. The van der Waals surface area contributed by atoms with E-state index in [4.69, 9.17) is 16.0 Å². The summed E-state index contributed by atoms with van der Waals surface area (Å²) in [5, 5.41) is 3.17. The minimum atomic E-state index is -0.277. The molecule has 0 atom stereocenters. The molecule has 1 N–H and O–H groups in total. The molecular formula is C21H19ClN4O2. The lowest BCUT2D eigenvalue weighted by Crippen LogP contribution is -2.11. The maximum atomic E-state index is 12.3. The monoisotopic (exact) mass is 394 g/mol. The normalized spacial score (nSPS) is 12.3. The molecule has 6 nitrogen and oxygen atoms in total. The molecule has 0 bridgehead atoms. The first-order valence-corrected chi connectivity index (χ1v) is 9.22. The van der Waals surface area contributed by atoms with Crippen molar-refractivity contribution in [3.05, 3.63) is 65.4 Å². The van der Waals surface area contributed by atoms with E-state index in [1.165, 1.54) is 6.08 Å². The average Bonchev–Trinajstić information content (AvgIpc) is 3.20. The largest absolute Gasteiger partial charge is 0.440 e. The number of fused-ring (bicyclic) bond motifs is 2. The van der Waals surface area contributed by atoms with E-state index in [1.807, 2.05) is 49.6 Å². The third kappa shape index (κ3) is 3.51. The van der Waals surface area contributed by atoms with Crippen LogP contribution in [0.25, 0.3) is 22.8 Å². The number of rotatable bonds is 3. The Morgan fingerprint density at radius 2 is 2.04 bits per heavy atom. The molecule has 4 rings (SSSR count). The van der Waals surface area contributed by atoms with Crippen LogP contribution < -0.4 is 5.32 Å². The molecule has 142 valence electrons. The van der Waals surface area contributed by atoms with Gasteiger partial charge in [-0.1, -0.05) is 38.4 Å². The van der Waals surface area contributed by atoms with Gasteiger partial charge in [0, 0.05) is 23.4 Å². The molecule has 3 aromatic heterocycles.